The molecule has 1 heterocycles. The second kappa shape index (κ2) is 6.30. The summed E-state index contributed by atoms with van der Waals surface area (Å²) in [5.41, 5.74) is 1.95. The van der Waals surface area contributed by atoms with Crippen molar-refractivity contribution in [2.45, 2.75) is 20.4 Å². The molecule has 2 aromatic rings. The van der Waals surface area contributed by atoms with Crippen molar-refractivity contribution >= 4 is 11.6 Å². The van der Waals surface area contributed by atoms with E-state index in [1.165, 1.54) is 14.2 Å². The summed E-state index contributed by atoms with van der Waals surface area (Å²) >= 11 is 0. The number of amides is 1. The van der Waals surface area contributed by atoms with Gasteiger partial charge in [-0.15, -0.1) is 0 Å². The quantitative estimate of drug-likeness (QED) is 0.918. The summed E-state index contributed by atoms with van der Waals surface area (Å²) in [5.74, 6) is 0.642. The lowest BCUT2D eigenvalue weighted by Gasteiger charge is -2.12. The molecule has 0 saturated carbocycles. The Bertz CT molecular complexity index is 627. The highest BCUT2D eigenvalue weighted by atomic mass is 16.5. The van der Waals surface area contributed by atoms with Crippen LogP contribution in [0, 0.1) is 6.92 Å². The number of carbonyl (C=O) groups is 1. The molecule has 0 aliphatic carbocycles. The molecule has 0 radical (unpaired) electrons. The van der Waals surface area contributed by atoms with Crippen LogP contribution in [-0.2, 0) is 6.54 Å². The van der Waals surface area contributed by atoms with Gasteiger partial charge in [-0.3, -0.25) is 9.48 Å². The first-order chi connectivity index (χ1) is 10.1. The Balaban J connectivity index is 2.34. The molecule has 6 heteroatoms. The summed E-state index contributed by atoms with van der Waals surface area (Å²) in [4.78, 5) is 12.5. The van der Waals surface area contributed by atoms with E-state index < -0.39 is 0 Å². The molecule has 0 spiro atoms. The van der Waals surface area contributed by atoms with Gasteiger partial charge in [0, 0.05) is 6.54 Å². The largest absolute Gasteiger partial charge is 0.496 e. The first kappa shape index (κ1) is 14.9. The molecule has 1 aromatic carbocycles. The minimum Gasteiger partial charge on any atom is -0.496 e. The molecule has 112 valence electrons. The van der Waals surface area contributed by atoms with Crippen LogP contribution in [0.1, 0.15) is 23.0 Å². The fourth-order valence-corrected chi connectivity index (χ4v) is 2.15. The minimum absolute atomic E-state index is 0.289. The van der Waals surface area contributed by atoms with Crippen molar-refractivity contribution < 1.29 is 14.3 Å². The Kier molecular flexibility index (Phi) is 4.47. The molecule has 6 nitrogen and oxygen atoms in total. The van der Waals surface area contributed by atoms with Gasteiger partial charge in [-0.25, -0.2) is 0 Å². The van der Waals surface area contributed by atoms with Crippen molar-refractivity contribution in [1.29, 1.82) is 0 Å². The molecule has 0 aliphatic heterocycles. The number of methoxy groups -OCH3 is 2. The monoisotopic (exact) mass is 289 g/mol. The summed E-state index contributed by atoms with van der Waals surface area (Å²) in [6.45, 7) is 4.65. The molecule has 0 atom stereocenters. The van der Waals surface area contributed by atoms with Gasteiger partial charge in [-0.2, -0.15) is 5.10 Å². The number of anilines is 1. The van der Waals surface area contributed by atoms with E-state index in [2.05, 4.69) is 10.4 Å². The second-order valence-electron chi connectivity index (χ2n) is 4.45. The average molecular weight is 289 g/mol. The van der Waals surface area contributed by atoms with Crippen LogP contribution in [0.4, 0.5) is 5.69 Å². The van der Waals surface area contributed by atoms with Crippen LogP contribution < -0.4 is 14.8 Å². The van der Waals surface area contributed by atoms with Gasteiger partial charge in [-0.05, 0) is 26.0 Å². The molecule has 0 unspecified atom stereocenters. The van der Waals surface area contributed by atoms with Crippen molar-refractivity contribution in [3.63, 3.8) is 0 Å². The molecule has 1 aromatic heterocycles. The van der Waals surface area contributed by atoms with Crippen LogP contribution >= 0.6 is 0 Å². The summed E-state index contributed by atoms with van der Waals surface area (Å²) in [5, 5.41) is 7.05. The normalized spacial score (nSPS) is 10.3. The van der Waals surface area contributed by atoms with E-state index in [1.54, 1.807) is 24.4 Å². The van der Waals surface area contributed by atoms with Crippen molar-refractivity contribution in [3.8, 4) is 11.5 Å². The zero-order valence-corrected chi connectivity index (χ0v) is 12.6. The molecule has 1 amide bonds. The lowest BCUT2D eigenvalue weighted by Crippen LogP contribution is -2.15. The van der Waals surface area contributed by atoms with Gasteiger partial charge >= 0.3 is 0 Å². The number of rotatable bonds is 5. The number of carbonyl (C=O) groups excluding carboxylic acids is 1. The highest BCUT2D eigenvalue weighted by molar-refractivity contribution is 6.08. The predicted octanol–water partition coefficient (Wildman–Crippen LogP) is 2.48. The summed E-state index contributed by atoms with van der Waals surface area (Å²) in [7, 11) is 3.04. The topological polar surface area (TPSA) is 65.4 Å². The van der Waals surface area contributed by atoms with E-state index >= 15 is 0 Å². The minimum atomic E-state index is -0.289. The fourth-order valence-electron chi connectivity index (χ4n) is 2.15. The Morgan fingerprint density at radius 1 is 1.29 bits per heavy atom. The first-order valence-corrected chi connectivity index (χ1v) is 6.67. The maximum absolute atomic E-state index is 12.5. The molecule has 2 rings (SSSR count). The van der Waals surface area contributed by atoms with Gasteiger partial charge in [0.25, 0.3) is 5.91 Å². The molecular formula is C15H19N3O3. The third-order valence-electron chi connectivity index (χ3n) is 3.31. The van der Waals surface area contributed by atoms with Crippen LogP contribution in [0.5, 0.6) is 11.5 Å². The number of hydrogen-bond acceptors (Lipinski definition) is 4. The number of nitrogens with zero attached hydrogens (tertiary/aromatic N) is 2. The molecule has 0 saturated heterocycles. The average Bonchev–Trinajstić information content (AvgIpc) is 2.86. The molecular weight excluding hydrogens is 270 g/mol. The van der Waals surface area contributed by atoms with Crippen molar-refractivity contribution in [2.24, 2.45) is 0 Å². The van der Waals surface area contributed by atoms with E-state index in [0.29, 0.717) is 22.7 Å². The Morgan fingerprint density at radius 3 is 2.38 bits per heavy atom. The fraction of sp³-hybridized carbons (Fsp3) is 0.333. The van der Waals surface area contributed by atoms with E-state index in [0.717, 1.165) is 12.2 Å². The first-order valence-electron chi connectivity index (χ1n) is 6.67. The van der Waals surface area contributed by atoms with Crippen LogP contribution in [-0.4, -0.2) is 29.9 Å². The molecule has 21 heavy (non-hydrogen) atoms. The third-order valence-corrected chi connectivity index (χ3v) is 3.31. The number of benzene rings is 1. The standard InChI is InChI=1S/C15H19N3O3/c1-5-18-10(2)11(9-16-18)17-15(19)14-12(20-3)7-6-8-13(14)21-4/h6-9H,5H2,1-4H3,(H,17,19). The summed E-state index contributed by atoms with van der Waals surface area (Å²) in [6.07, 6.45) is 1.64. The summed E-state index contributed by atoms with van der Waals surface area (Å²) < 4.78 is 12.3. The highest BCUT2D eigenvalue weighted by Gasteiger charge is 2.19. The Hall–Kier alpha value is -2.50. The zero-order chi connectivity index (χ0) is 15.4. The number of aromatic nitrogens is 2. The van der Waals surface area contributed by atoms with Crippen LogP contribution in [0.15, 0.2) is 24.4 Å². The van der Waals surface area contributed by atoms with E-state index in [9.17, 15) is 4.79 Å². The molecule has 0 fully saturated rings. The zero-order valence-electron chi connectivity index (χ0n) is 12.6. The smallest absolute Gasteiger partial charge is 0.263 e. The van der Waals surface area contributed by atoms with E-state index in [4.69, 9.17) is 9.47 Å². The van der Waals surface area contributed by atoms with Gasteiger partial charge in [0.1, 0.15) is 17.1 Å². The van der Waals surface area contributed by atoms with Gasteiger partial charge < -0.3 is 14.8 Å². The number of nitrogens with one attached hydrogen (secondary N) is 1. The van der Waals surface area contributed by atoms with Crippen LogP contribution in [0.25, 0.3) is 0 Å². The SMILES string of the molecule is CCn1ncc(NC(=O)c2c(OC)cccc2OC)c1C. The van der Waals surface area contributed by atoms with E-state index in [-0.39, 0.29) is 5.91 Å². The predicted molar refractivity (Wildman–Crippen MR) is 80.1 cm³/mol. The maximum atomic E-state index is 12.5. The third kappa shape index (κ3) is 2.84. The number of aryl methyl sites for hydroxylation is 1. The van der Waals surface area contributed by atoms with Gasteiger partial charge in [-0.1, -0.05) is 6.07 Å². The van der Waals surface area contributed by atoms with Crippen molar-refractivity contribution in [1.82, 2.24) is 9.78 Å². The highest BCUT2D eigenvalue weighted by Crippen LogP contribution is 2.29. The maximum Gasteiger partial charge on any atom is 0.263 e. The van der Waals surface area contributed by atoms with Gasteiger partial charge in [0.15, 0.2) is 0 Å². The van der Waals surface area contributed by atoms with Crippen LogP contribution in [0.3, 0.4) is 0 Å². The molecule has 0 bridgehead atoms. The molecule has 0 aliphatic rings. The second-order valence-corrected chi connectivity index (χ2v) is 4.45. The van der Waals surface area contributed by atoms with Gasteiger partial charge in [0.05, 0.1) is 31.8 Å². The van der Waals surface area contributed by atoms with Crippen molar-refractivity contribution in [2.75, 3.05) is 19.5 Å². The Labute approximate surface area is 123 Å². The van der Waals surface area contributed by atoms with Crippen LogP contribution in [0.2, 0.25) is 0 Å². The van der Waals surface area contributed by atoms with E-state index in [1.807, 2.05) is 18.5 Å². The lowest BCUT2D eigenvalue weighted by atomic mass is 10.1. The van der Waals surface area contributed by atoms with Crippen molar-refractivity contribution in [3.05, 3.63) is 35.7 Å². The van der Waals surface area contributed by atoms with Gasteiger partial charge in [0.2, 0.25) is 0 Å². The Morgan fingerprint density at radius 2 is 1.90 bits per heavy atom. The lowest BCUT2D eigenvalue weighted by molar-refractivity contribution is 0.102. The summed E-state index contributed by atoms with van der Waals surface area (Å²) in [6, 6.07) is 5.22. The number of hydrogen-bond donors (Lipinski definition) is 1. The molecule has 1 N–H and O–H groups in total. The number of ether oxygens (including phenoxy) is 2.